The number of pyridine rings is 1. The van der Waals surface area contributed by atoms with E-state index in [2.05, 4.69) is 45.1 Å². The van der Waals surface area contributed by atoms with Gasteiger partial charge in [0.15, 0.2) is 5.96 Å². The lowest BCUT2D eigenvalue weighted by atomic mass is 10.2. The van der Waals surface area contributed by atoms with Crippen LogP contribution in [0.2, 0.25) is 0 Å². The van der Waals surface area contributed by atoms with Crippen molar-refractivity contribution in [2.75, 3.05) is 44.7 Å². The Hall–Kier alpha value is -1.82. The van der Waals surface area contributed by atoms with Crippen LogP contribution in [0.15, 0.2) is 23.3 Å². The monoisotopic (exact) mass is 332 g/mol. The minimum atomic E-state index is 0.532. The SMILES string of the molecule is CCCCCCNC(N)=NCc1ccnc(N2CCN(C)CC2)c1. The first-order chi connectivity index (χ1) is 11.7. The van der Waals surface area contributed by atoms with Gasteiger partial charge < -0.3 is 20.9 Å². The Balaban J connectivity index is 1.80. The zero-order chi connectivity index (χ0) is 17.2. The van der Waals surface area contributed by atoms with Crippen LogP contribution >= 0.6 is 0 Å². The van der Waals surface area contributed by atoms with Crippen LogP contribution in [-0.2, 0) is 6.54 Å². The van der Waals surface area contributed by atoms with Crippen LogP contribution in [-0.4, -0.2) is 55.6 Å². The number of guanidine groups is 1. The first kappa shape index (κ1) is 18.5. The molecule has 134 valence electrons. The molecule has 1 aromatic rings. The number of nitrogens with two attached hydrogens (primary N) is 1. The molecule has 24 heavy (non-hydrogen) atoms. The second-order valence-electron chi connectivity index (χ2n) is 6.50. The lowest BCUT2D eigenvalue weighted by Crippen LogP contribution is -2.44. The van der Waals surface area contributed by atoms with E-state index in [1.807, 2.05) is 12.3 Å². The van der Waals surface area contributed by atoms with Crippen LogP contribution in [0, 0.1) is 0 Å². The van der Waals surface area contributed by atoms with E-state index in [-0.39, 0.29) is 0 Å². The molecule has 1 aromatic heterocycles. The lowest BCUT2D eigenvalue weighted by Gasteiger charge is -2.33. The van der Waals surface area contributed by atoms with Crippen LogP contribution in [0.4, 0.5) is 5.82 Å². The van der Waals surface area contributed by atoms with Crippen LogP contribution in [0.25, 0.3) is 0 Å². The number of piperazine rings is 1. The van der Waals surface area contributed by atoms with Crippen molar-refractivity contribution in [3.8, 4) is 0 Å². The summed E-state index contributed by atoms with van der Waals surface area (Å²) in [6.45, 7) is 7.93. The molecule has 1 aliphatic rings. The third-order valence-corrected chi connectivity index (χ3v) is 4.41. The van der Waals surface area contributed by atoms with E-state index >= 15 is 0 Å². The Morgan fingerprint density at radius 1 is 1.25 bits per heavy atom. The molecule has 6 nitrogen and oxygen atoms in total. The van der Waals surface area contributed by atoms with Crippen molar-refractivity contribution in [3.05, 3.63) is 23.9 Å². The summed E-state index contributed by atoms with van der Waals surface area (Å²) in [5.41, 5.74) is 7.09. The second kappa shape index (κ2) is 10.1. The highest BCUT2D eigenvalue weighted by molar-refractivity contribution is 5.77. The fourth-order valence-corrected chi connectivity index (χ4v) is 2.77. The summed E-state index contributed by atoms with van der Waals surface area (Å²) in [4.78, 5) is 13.6. The summed E-state index contributed by atoms with van der Waals surface area (Å²) >= 11 is 0. The molecule has 1 aliphatic heterocycles. The van der Waals surface area contributed by atoms with Crippen molar-refractivity contribution in [2.24, 2.45) is 10.7 Å². The average Bonchev–Trinajstić information content (AvgIpc) is 2.61. The van der Waals surface area contributed by atoms with Crippen molar-refractivity contribution in [1.29, 1.82) is 0 Å². The molecule has 0 aromatic carbocycles. The number of hydrogen-bond acceptors (Lipinski definition) is 4. The molecule has 0 amide bonds. The van der Waals surface area contributed by atoms with Crippen LogP contribution in [0.5, 0.6) is 0 Å². The second-order valence-corrected chi connectivity index (χ2v) is 6.50. The number of nitrogens with zero attached hydrogens (tertiary/aromatic N) is 4. The van der Waals surface area contributed by atoms with Gasteiger partial charge in [-0.3, -0.25) is 0 Å². The van der Waals surface area contributed by atoms with E-state index in [9.17, 15) is 0 Å². The van der Waals surface area contributed by atoms with E-state index in [0.29, 0.717) is 12.5 Å². The van der Waals surface area contributed by atoms with Gasteiger partial charge in [-0.05, 0) is 31.2 Å². The standard InChI is InChI=1S/C18H32N6/c1-3-4-5-6-8-21-18(19)22-15-16-7-9-20-17(14-16)24-12-10-23(2)11-13-24/h7,9,14H,3-6,8,10-13,15H2,1-2H3,(H3,19,21,22). The number of hydrogen-bond donors (Lipinski definition) is 2. The number of unbranched alkanes of at least 4 members (excludes halogenated alkanes) is 3. The summed E-state index contributed by atoms with van der Waals surface area (Å²) in [6, 6.07) is 4.14. The first-order valence-electron chi connectivity index (χ1n) is 9.11. The molecule has 0 unspecified atom stereocenters. The van der Waals surface area contributed by atoms with Gasteiger partial charge in [-0.25, -0.2) is 9.98 Å². The van der Waals surface area contributed by atoms with Crippen molar-refractivity contribution in [1.82, 2.24) is 15.2 Å². The van der Waals surface area contributed by atoms with Gasteiger partial charge in [0.05, 0.1) is 6.54 Å². The summed E-state index contributed by atoms with van der Waals surface area (Å²) in [6.07, 6.45) is 6.79. The van der Waals surface area contributed by atoms with E-state index < -0.39 is 0 Å². The summed E-state index contributed by atoms with van der Waals surface area (Å²) < 4.78 is 0. The summed E-state index contributed by atoms with van der Waals surface area (Å²) in [5.74, 6) is 1.58. The smallest absolute Gasteiger partial charge is 0.188 e. The van der Waals surface area contributed by atoms with Gasteiger partial charge >= 0.3 is 0 Å². The number of anilines is 1. The van der Waals surface area contributed by atoms with E-state index in [4.69, 9.17) is 5.73 Å². The third-order valence-electron chi connectivity index (χ3n) is 4.41. The van der Waals surface area contributed by atoms with Gasteiger partial charge in [-0.1, -0.05) is 26.2 Å². The molecular formula is C18H32N6. The fraction of sp³-hybridized carbons (Fsp3) is 0.667. The topological polar surface area (TPSA) is 69.8 Å². The molecule has 1 fully saturated rings. The molecule has 0 spiro atoms. The number of aromatic nitrogens is 1. The van der Waals surface area contributed by atoms with Crippen LogP contribution in [0.3, 0.4) is 0 Å². The quantitative estimate of drug-likeness (QED) is 0.432. The van der Waals surface area contributed by atoms with Crippen LogP contribution < -0.4 is 16.0 Å². The minimum absolute atomic E-state index is 0.532. The Morgan fingerprint density at radius 2 is 2.04 bits per heavy atom. The number of nitrogens with one attached hydrogen (secondary N) is 1. The first-order valence-corrected chi connectivity index (χ1v) is 9.11. The predicted octanol–water partition coefficient (Wildman–Crippen LogP) is 1.82. The lowest BCUT2D eigenvalue weighted by molar-refractivity contribution is 0.312. The van der Waals surface area contributed by atoms with Gasteiger partial charge in [0.2, 0.25) is 0 Å². The molecule has 0 atom stereocenters. The molecule has 2 rings (SSSR count). The summed E-state index contributed by atoms with van der Waals surface area (Å²) in [7, 11) is 2.16. The van der Waals surface area contributed by atoms with Gasteiger partial charge in [0.25, 0.3) is 0 Å². The molecule has 3 N–H and O–H groups in total. The Kier molecular flexibility index (Phi) is 7.82. The fourth-order valence-electron chi connectivity index (χ4n) is 2.77. The Bertz CT molecular complexity index is 508. The van der Waals surface area contributed by atoms with Gasteiger partial charge in [-0.15, -0.1) is 0 Å². The third kappa shape index (κ3) is 6.35. The normalized spacial score (nSPS) is 16.4. The molecule has 6 heteroatoms. The number of rotatable bonds is 8. The molecule has 0 radical (unpaired) electrons. The van der Waals surface area contributed by atoms with E-state index in [1.54, 1.807) is 0 Å². The van der Waals surface area contributed by atoms with E-state index in [1.165, 1.54) is 19.3 Å². The van der Waals surface area contributed by atoms with Crippen LogP contribution in [0.1, 0.15) is 38.2 Å². The number of likely N-dealkylation sites (N-methyl/N-ethyl adjacent to an activating group) is 1. The molecule has 0 bridgehead atoms. The highest BCUT2D eigenvalue weighted by atomic mass is 15.3. The molecule has 1 saturated heterocycles. The zero-order valence-electron chi connectivity index (χ0n) is 15.2. The molecule has 2 heterocycles. The highest BCUT2D eigenvalue weighted by Gasteiger charge is 2.15. The van der Waals surface area contributed by atoms with Gasteiger partial charge in [-0.2, -0.15) is 0 Å². The average molecular weight is 332 g/mol. The van der Waals surface area contributed by atoms with Crippen molar-refractivity contribution >= 4 is 11.8 Å². The predicted molar refractivity (Wildman–Crippen MR) is 101 cm³/mol. The molecule has 0 saturated carbocycles. The van der Waals surface area contributed by atoms with Gasteiger partial charge in [0, 0.05) is 38.9 Å². The highest BCUT2D eigenvalue weighted by Crippen LogP contribution is 2.15. The largest absolute Gasteiger partial charge is 0.370 e. The summed E-state index contributed by atoms with van der Waals surface area (Å²) in [5, 5.41) is 3.19. The number of aliphatic imine (C=N–C) groups is 1. The molecular weight excluding hydrogens is 300 g/mol. The Labute approximate surface area is 146 Å². The van der Waals surface area contributed by atoms with Crippen molar-refractivity contribution in [3.63, 3.8) is 0 Å². The maximum Gasteiger partial charge on any atom is 0.188 e. The van der Waals surface area contributed by atoms with Crippen molar-refractivity contribution < 1.29 is 0 Å². The maximum absolute atomic E-state index is 5.94. The minimum Gasteiger partial charge on any atom is -0.370 e. The Morgan fingerprint density at radius 3 is 2.79 bits per heavy atom. The maximum atomic E-state index is 5.94. The zero-order valence-corrected chi connectivity index (χ0v) is 15.2. The van der Waals surface area contributed by atoms with Crippen molar-refractivity contribution in [2.45, 2.75) is 39.2 Å². The van der Waals surface area contributed by atoms with E-state index in [0.717, 1.165) is 50.5 Å². The molecule has 0 aliphatic carbocycles. The van der Waals surface area contributed by atoms with Gasteiger partial charge in [0.1, 0.15) is 5.82 Å².